The molecule has 0 saturated carbocycles. The highest BCUT2D eigenvalue weighted by Gasteiger charge is 2.14. The summed E-state index contributed by atoms with van der Waals surface area (Å²) in [5.41, 5.74) is 8.13. The van der Waals surface area contributed by atoms with Crippen LogP contribution in [-0.4, -0.2) is 13.7 Å². The monoisotopic (exact) mass is 323 g/mol. The van der Waals surface area contributed by atoms with E-state index in [2.05, 4.69) is 0 Å². The molecule has 0 aliphatic heterocycles. The molecule has 0 saturated heterocycles. The predicted molar refractivity (Wildman–Crippen MR) is 89.4 cm³/mol. The molecule has 0 heterocycles. The van der Waals surface area contributed by atoms with E-state index < -0.39 is 0 Å². The molecule has 0 radical (unpaired) electrons. The third-order valence-corrected chi connectivity index (χ3v) is 4.15. The van der Waals surface area contributed by atoms with Gasteiger partial charge in [0.15, 0.2) is 0 Å². The van der Waals surface area contributed by atoms with Crippen LogP contribution in [-0.2, 0) is 12.8 Å². The van der Waals surface area contributed by atoms with E-state index >= 15 is 0 Å². The number of hydrogen-bond donors (Lipinski definition) is 1. The SMILES string of the molecule is COc1ccc(Cl)cc1CC(CN)Cc1ccccc1Cl. The summed E-state index contributed by atoms with van der Waals surface area (Å²) in [6.07, 6.45) is 1.65. The molecule has 0 aliphatic rings. The zero-order valence-electron chi connectivity index (χ0n) is 12.0. The number of nitrogens with two attached hydrogens (primary N) is 1. The summed E-state index contributed by atoms with van der Waals surface area (Å²) in [6.45, 7) is 0.584. The van der Waals surface area contributed by atoms with E-state index in [1.54, 1.807) is 7.11 Å². The van der Waals surface area contributed by atoms with Gasteiger partial charge in [0.1, 0.15) is 5.75 Å². The Morgan fingerprint density at radius 3 is 2.43 bits per heavy atom. The number of hydrogen-bond acceptors (Lipinski definition) is 2. The van der Waals surface area contributed by atoms with E-state index in [1.165, 1.54) is 0 Å². The minimum Gasteiger partial charge on any atom is -0.496 e. The molecule has 2 aromatic carbocycles. The standard InChI is InChI=1S/C17H19Cl2NO/c1-21-17-7-6-15(18)10-14(17)9-12(11-20)8-13-4-2-3-5-16(13)19/h2-7,10,12H,8-9,11,20H2,1H3. The Morgan fingerprint density at radius 1 is 1.05 bits per heavy atom. The van der Waals surface area contributed by atoms with Gasteiger partial charge in [0.05, 0.1) is 7.11 Å². The second kappa shape index (κ2) is 7.69. The second-order valence-electron chi connectivity index (χ2n) is 5.06. The highest BCUT2D eigenvalue weighted by atomic mass is 35.5. The van der Waals surface area contributed by atoms with Gasteiger partial charge >= 0.3 is 0 Å². The molecule has 0 bridgehead atoms. The summed E-state index contributed by atoms with van der Waals surface area (Å²) in [6, 6.07) is 13.5. The fourth-order valence-electron chi connectivity index (χ4n) is 2.43. The highest BCUT2D eigenvalue weighted by Crippen LogP contribution is 2.27. The van der Waals surface area contributed by atoms with Gasteiger partial charge in [-0.15, -0.1) is 0 Å². The number of methoxy groups -OCH3 is 1. The largest absolute Gasteiger partial charge is 0.496 e. The van der Waals surface area contributed by atoms with Crippen molar-refractivity contribution in [2.45, 2.75) is 12.8 Å². The van der Waals surface area contributed by atoms with Crippen LogP contribution in [0.25, 0.3) is 0 Å². The van der Waals surface area contributed by atoms with Gasteiger partial charge in [-0.3, -0.25) is 0 Å². The zero-order valence-corrected chi connectivity index (χ0v) is 13.5. The Hall–Kier alpha value is -1.22. The maximum absolute atomic E-state index is 6.23. The quantitative estimate of drug-likeness (QED) is 0.857. The van der Waals surface area contributed by atoms with Crippen LogP contribution in [0, 0.1) is 5.92 Å². The normalized spacial score (nSPS) is 12.2. The van der Waals surface area contributed by atoms with E-state index in [-0.39, 0.29) is 5.92 Å². The van der Waals surface area contributed by atoms with Crippen molar-refractivity contribution in [1.29, 1.82) is 0 Å². The van der Waals surface area contributed by atoms with Crippen molar-refractivity contribution in [1.82, 2.24) is 0 Å². The van der Waals surface area contributed by atoms with Crippen molar-refractivity contribution in [2.24, 2.45) is 11.7 Å². The number of halogens is 2. The molecule has 2 N–H and O–H groups in total. The molecule has 1 atom stereocenters. The average Bonchev–Trinajstić information content (AvgIpc) is 2.49. The van der Waals surface area contributed by atoms with E-state index in [0.717, 1.165) is 34.7 Å². The lowest BCUT2D eigenvalue weighted by atomic mass is 9.92. The molecular weight excluding hydrogens is 305 g/mol. The van der Waals surface area contributed by atoms with Crippen LogP contribution in [0.5, 0.6) is 5.75 Å². The van der Waals surface area contributed by atoms with Gasteiger partial charge in [-0.25, -0.2) is 0 Å². The van der Waals surface area contributed by atoms with Crippen molar-refractivity contribution in [3.8, 4) is 5.75 Å². The number of ether oxygens (including phenoxy) is 1. The van der Waals surface area contributed by atoms with Crippen molar-refractivity contribution < 1.29 is 4.74 Å². The van der Waals surface area contributed by atoms with E-state index in [1.807, 2.05) is 42.5 Å². The lowest BCUT2D eigenvalue weighted by Gasteiger charge is -2.17. The van der Waals surface area contributed by atoms with Gasteiger partial charge < -0.3 is 10.5 Å². The summed E-state index contributed by atoms with van der Waals surface area (Å²) in [5, 5.41) is 1.49. The highest BCUT2D eigenvalue weighted by molar-refractivity contribution is 6.31. The van der Waals surface area contributed by atoms with Gasteiger partial charge in [0.2, 0.25) is 0 Å². The smallest absolute Gasteiger partial charge is 0.122 e. The van der Waals surface area contributed by atoms with Gasteiger partial charge in [0.25, 0.3) is 0 Å². The first-order chi connectivity index (χ1) is 10.1. The molecule has 2 rings (SSSR count). The topological polar surface area (TPSA) is 35.2 Å². The summed E-state index contributed by atoms with van der Waals surface area (Å²) < 4.78 is 5.39. The molecule has 112 valence electrons. The average molecular weight is 324 g/mol. The minimum absolute atomic E-state index is 0.289. The van der Waals surface area contributed by atoms with Crippen molar-refractivity contribution in [3.05, 3.63) is 63.6 Å². The van der Waals surface area contributed by atoms with Gasteiger partial charge in [-0.05, 0) is 60.7 Å². The Balaban J connectivity index is 2.16. The van der Waals surface area contributed by atoms with Gasteiger partial charge in [0, 0.05) is 10.0 Å². The van der Waals surface area contributed by atoms with Crippen LogP contribution in [0.2, 0.25) is 10.0 Å². The van der Waals surface area contributed by atoms with Crippen molar-refractivity contribution in [2.75, 3.05) is 13.7 Å². The number of rotatable bonds is 6. The van der Waals surface area contributed by atoms with Crippen molar-refractivity contribution in [3.63, 3.8) is 0 Å². The Morgan fingerprint density at radius 2 is 1.76 bits per heavy atom. The van der Waals surface area contributed by atoms with Crippen LogP contribution in [0.1, 0.15) is 11.1 Å². The Kier molecular flexibility index (Phi) is 5.92. The molecular formula is C17H19Cl2NO. The molecule has 0 spiro atoms. The van der Waals surface area contributed by atoms with E-state index in [4.69, 9.17) is 33.7 Å². The zero-order chi connectivity index (χ0) is 15.2. The molecule has 0 aromatic heterocycles. The van der Waals surface area contributed by atoms with Gasteiger partial charge in [-0.2, -0.15) is 0 Å². The first-order valence-corrected chi connectivity index (χ1v) is 7.65. The summed E-state index contributed by atoms with van der Waals surface area (Å²) in [7, 11) is 1.66. The summed E-state index contributed by atoms with van der Waals surface area (Å²) >= 11 is 12.3. The molecule has 0 aliphatic carbocycles. The van der Waals surface area contributed by atoms with Crippen LogP contribution in [0.4, 0.5) is 0 Å². The lowest BCUT2D eigenvalue weighted by Crippen LogP contribution is -2.20. The maximum Gasteiger partial charge on any atom is 0.122 e. The fourth-order valence-corrected chi connectivity index (χ4v) is 2.84. The summed E-state index contributed by atoms with van der Waals surface area (Å²) in [4.78, 5) is 0. The Bertz CT molecular complexity index is 601. The number of benzene rings is 2. The maximum atomic E-state index is 6.23. The van der Waals surface area contributed by atoms with Crippen LogP contribution in [0.3, 0.4) is 0 Å². The molecule has 4 heteroatoms. The van der Waals surface area contributed by atoms with Crippen LogP contribution in [0.15, 0.2) is 42.5 Å². The Labute approximate surface area is 135 Å². The molecule has 0 fully saturated rings. The molecule has 0 amide bonds. The minimum atomic E-state index is 0.289. The summed E-state index contributed by atoms with van der Waals surface area (Å²) in [5.74, 6) is 1.13. The first kappa shape index (κ1) is 16.2. The van der Waals surface area contributed by atoms with Crippen LogP contribution < -0.4 is 10.5 Å². The van der Waals surface area contributed by atoms with E-state index in [9.17, 15) is 0 Å². The third kappa shape index (κ3) is 4.37. The third-order valence-electron chi connectivity index (χ3n) is 3.55. The molecule has 21 heavy (non-hydrogen) atoms. The van der Waals surface area contributed by atoms with E-state index in [0.29, 0.717) is 11.6 Å². The molecule has 2 nitrogen and oxygen atoms in total. The second-order valence-corrected chi connectivity index (χ2v) is 5.90. The first-order valence-electron chi connectivity index (χ1n) is 6.90. The fraction of sp³-hybridized carbons (Fsp3) is 0.294. The van der Waals surface area contributed by atoms with Crippen LogP contribution >= 0.6 is 23.2 Å². The lowest BCUT2D eigenvalue weighted by molar-refractivity contribution is 0.404. The van der Waals surface area contributed by atoms with Crippen molar-refractivity contribution >= 4 is 23.2 Å². The van der Waals surface area contributed by atoms with Gasteiger partial charge in [-0.1, -0.05) is 41.4 Å². The predicted octanol–water partition coefficient (Wildman–Crippen LogP) is 4.36. The molecule has 1 unspecified atom stereocenters. The molecule has 2 aromatic rings.